The summed E-state index contributed by atoms with van der Waals surface area (Å²) in [4.78, 5) is 4.59. The van der Waals surface area contributed by atoms with Gasteiger partial charge in [-0.1, -0.05) is 37.8 Å². The molecule has 7 heteroatoms. The molecule has 0 unspecified atom stereocenters. The first-order valence-electron chi connectivity index (χ1n) is 7.14. The van der Waals surface area contributed by atoms with E-state index in [1.54, 1.807) is 0 Å². The minimum Gasteiger partial charge on any atom is -0.391 e. The summed E-state index contributed by atoms with van der Waals surface area (Å²) in [5, 5.41) is 3.45. The van der Waals surface area contributed by atoms with Gasteiger partial charge in [0, 0.05) is 6.21 Å². The molecular weight excluding hydrogens is 305 g/mol. The highest BCUT2D eigenvalue weighted by atomic mass is 19.2. The van der Waals surface area contributed by atoms with Gasteiger partial charge in [0.25, 0.3) is 0 Å². The first kappa shape index (κ1) is 18.4. The molecule has 0 atom stereocenters. The van der Waals surface area contributed by atoms with Gasteiger partial charge in [0.05, 0.1) is 5.56 Å². The van der Waals surface area contributed by atoms with E-state index in [1.165, 1.54) is 6.21 Å². The first-order valence-corrected chi connectivity index (χ1v) is 7.14. The van der Waals surface area contributed by atoms with E-state index >= 15 is 0 Å². The Balaban J connectivity index is 2.46. The number of oxime groups is 1. The molecule has 1 rings (SSSR count). The number of hydrogen-bond acceptors (Lipinski definition) is 2. The molecule has 0 aliphatic heterocycles. The van der Waals surface area contributed by atoms with Crippen molar-refractivity contribution in [2.24, 2.45) is 5.16 Å². The predicted molar refractivity (Wildman–Crippen MR) is 72.9 cm³/mol. The molecule has 0 N–H and O–H groups in total. The Bertz CT molecular complexity index is 490. The van der Waals surface area contributed by atoms with Gasteiger partial charge in [-0.3, -0.25) is 0 Å². The van der Waals surface area contributed by atoms with Gasteiger partial charge in [0.2, 0.25) is 5.82 Å². The normalized spacial score (nSPS) is 11.4. The van der Waals surface area contributed by atoms with Crippen LogP contribution in [0.3, 0.4) is 0 Å². The van der Waals surface area contributed by atoms with Crippen LogP contribution in [0.1, 0.15) is 51.0 Å². The molecule has 0 amide bonds. The van der Waals surface area contributed by atoms with Crippen LogP contribution in [-0.4, -0.2) is 6.21 Å². The fourth-order valence-electron chi connectivity index (χ4n) is 1.82. The molecule has 124 valence electrons. The van der Waals surface area contributed by atoms with Crippen LogP contribution < -0.4 is 0 Å². The molecule has 1 aromatic carbocycles. The zero-order valence-electron chi connectivity index (χ0n) is 12.3. The van der Waals surface area contributed by atoms with Crippen molar-refractivity contribution in [2.45, 2.75) is 52.1 Å². The maximum Gasteiger partial charge on any atom is 0.200 e. The largest absolute Gasteiger partial charge is 0.391 e. The smallest absolute Gasteiger partial charge is 0.200 e. The fraction of sp³-hybridized carbons (Fsp3) is 0.533. The lowest BCUT2D eigenvalue weighted by molar-refractivity contribution is 0.124. The average Bonchev–Trinajstić information content (AvgIpc) is 2.52. The molecule has 0 aliphatic rings. The Morgan fingerprint density at radius 2 is 1.36 bits per heavy atom. The van der Waals surface area contributed by atoms with Crippen LogP contribution in [0, 0.1) is 29.1 Å². The summed E-state index contributed by atoms with van der Waals surface area (Å²) in [6.45, 7) is 1.28. The van der Waals surface area contributed by atoms with Crippen molar-refractivity contribution < 1.29 is 26.8 Å². The van der Waals surface area contributed by atoms with Gasteiger partial charge < -0.3 is 4.84 Å². The standard InChI is InChI=1S/C15H18F5NO/c1-2-3-4-5-6-7-8-21-22-9-10-11(16)13(18)15(20)14(19)12(10)17/h8H,2-7,9H2,1H3/b21-8+. The highest BCUT2D eigenvalue weighted by Crippen LogP contribution is 2.23. The van der Waals surface area contributed by atoms with E-state index in [0.29, 0.717) is 6.42 Å². The van der Waals surface area contributed by atoms with E-state index in [0.717, 1.165) is 32.1 Å². The third kappa shape index (κ3) is 4.96. The van der Waals surface area contributed by atoms with E-state index in [2.05, 4.69) is 16.9 Å². The third-order valence-corrected chi connectivity index (χ3v) is 3.10. The summed E-state index contributed by atoms with van der Waals surface area (Å²) >= 11 is 0. The topological polar surface area (TPSA) is 21.6 Å². The summed E-state index contributed by atoms with van der Waals surface area (Å²) in [6.07, 6.45) is 7.40. The van der Waals surface area contributed by atoms with Crippen LogP contribution in [0.25, 0.3) is 0 Å². The fourth-order valence-corrected chi connectivity index (χ4v) is 1.82. The molecule has 0 saturated carbocycles. The van der Waals surface area contributed by atoms with Crippen molar-refractivity contribution in [1.82, 2.24) is 0 Å². The molecule has 1 aromatic rings. The molecule has 22 heavy (non-hydrogen) atoms. The Hall–Kier alpha value is -1.66. The Kier molecular flexibility index (Phi) is 7.84. The minimum atomic E-state index is -2.19. The molecule has 0 aromatic heterocycles. The Labute approximate surface area is 126 Å². The van der Waals surface area contributed by atoms with Crippen LogP contribution in [0.5, 0.6) is 0 Å². The minimum absolute atomic E-state index is 0.626. The molecule has 0 heterocycles. The van der Waals surface area contributed by atoms with Gasteiger partial charge >= 0.3 is 0 Å². The SMILES string of the molecule is CCCCCCC/C=N/OCc1c(F)c(F)c(F)c(F)c1F. The molecule has 0 saturated heterocycles. The monoisotopic (exact) mass is 323 g/mol. The number of hydrogen-bond donors (Lipinski definition) is 0. The van der Waals surface area contributed by atoms with Crippen LogP contribution in [0.4, 0.5) is 22.0 Å². The quantitative estimate of drug-likeness (QED) is 0.152. The Morgan fingerprint density at radius 3 is 1.95 bits per heavy atom. The third-order valence-electron chi connectivity index (χ3n) is 3.10. The average molecular weight is 323 g/mol. The van der Waals surface area contributed by atoms with E-state index in [-0.39, 0.29) is 0 Å². The highest BCUT2D eigenvalue weighted by Gasteiger charge is 2.25. The Morgan fingerprint density at radius 1 is 0.818 bits per heavy atom. The summed E-state index contributed by atoms with van der Waals surface area (Å²) in [6, 6.07) is 0. The zero-order valence-corrected chi connectivity index (χ0v) is 12.3. The van der Waals surface area contributed by atoms with Gasteiger partial charge in [0.15, 0.2) is 23.3 Å². The summed E-state index contributed by atoms with van der Waals surface area (Å²) in [7, 11) is 0. The van der Waals surface area contributed by atoms with Crippen molar-refractivity contribution >= 4 is 6.21 Å². The molecular formula is C15H18F5NO. The van der Waals surface area contributed by atoms with Crippen molar-refractivity contribution in [1.29, 1.82) is 0 Å². The van der Waals surface area contributed by atoms with Crippen molar-refractivity contribution in [3.05, 3.63) is 34.6 Å². The lowest BCUT2D eigenvalue weighted by Crippen LogP contribution is -2.07. The van der Waals surface area contributed by atoms with Crippen LogP contribution in [-0.2, 0) is 11.4 Å². The second-order valence-corrected chi connectivity index (χ2v) is 4.81. The second kappa shape index (κ2) is 9.38. The maximum absolute atomic E-state index is 13.3. The number of nitrogens with zero attached hydrogens (tertiary/aromatic N) is 1. The van der Waals surface area contributed by atoms with Gasteiger partial charge in [-0.15, -0.1) is 0 Å². The lowest BCUT2D eigenvalue weighted by atomic mass is 10.1. The second-order valence-electron chi connectivity index (χ2n) is 4.81. The van der Waals surface area contributed by atoms with E-state index in [9.17, 15) is 22.0 Å². The van der Waals surface area contributed by atoms with Crippen LogP contribution in [0.15, 0.2) is 5.16 Å². The summed E-state index contributed by atoms with van der Waals surface area (Å²) in [5.41, 5.74) is -1.03. The highest BCUT2D eigenvalue weighted by molar-refractivity contribution is 5.56. The lowest BCUT2D eigenvalue weighted by Gasteiger charge is -2.06. The molecule has 0 fully saturated rings. The molecule has 0 spiro atoms. The molecule has 2 nitrogen and oxygen atoms in total. The van der Waals surface area contributed by atoms with Crippen LogP contribution in [0.2, 0.25) is 0 Å². The van der Waals surface area contributed by atoms with E-state index in [1.807, 2.05) is 0 Å². The van der Waals surface area contributed by atoms with Crippen molar-refractivity contribution in [3.8, 4) is 0 Å². The molecule has 0 bridgehead atoms. The van der Waals surface area contributed by atoms with Crippen LogP contribution >= 0.6 is 0 Å². The summed E-state index contributed by atoms with van der Waals surface area (Å²) < 4.78 is 65.3. The van der Waals surface area contributed by atoms with Crippen molar-refractivity contribution in [2.75, 3.05) is 0 Å². The first-order chi connectivity index (χ1) is 10.5. The maximum atomic E-state index is 13.3. The number of unbranched alkanes of at least 4 members (excludes halogenated alkanes) is 5. The van der Waals surface area contributed by atoms with Crippen molar-refractivity contribution in [3.63, 3.8) is 0 Å². The van der Waals surface area contributed by atoms with Gasteiger partial charge in [-0.25, -0.2) is 22.0 Å². The summed E-state index contributed by atoms with van der Waals surface area (Å²) in [5.74, 6) is -9.96. The number of halogens is 5. The molecule has 0 aliphatic carbocycles. The predicted octanol–water partition coefficient (Wildman–Crippen LogP) is 5.25. The zero-order chi connectivity index (χ0) is 16.5. The number of rotatable bonds is 9. The van der Waals surface area contributed by atoms with Gasteiger partial charge in [-0.2, -0.15) is 0 Å². The van der Waals surface area contributed by atoms with E-state index < -0.39 is 41.3 Å². The van der Waals surface area contributed by atoms with Gasteiger partial charge in [-0.05, 0) is 12.8 Å². The number of benzene rings is 1. The molecule has 0 radical (unpaired) electrons. The van der Waals surface area contributed by atoms with Gasteiger partial charge in [0.1, 0.15) is 6.61 Å². The van der Waals surface area contributed by atoms with E-state index in [4.69, 9.17) is 0 Å².